The lowest BCUT2D eigenvalue weighted by Gasteiger charge is -2.27. The number of hydrogen-bond donors (Lipinski definition) is 1. The molecule has 1 aliphatic carbocycles. The van der Waals surface area contributed by atoms with Crippen LogP contribution >= 0.6 is 11.6 Å². The lowest BCUT2D eigenvalue weighted by Crippen LogP contribution is -2.47. The Labute approximate surface area is 155 Å². The molecule has 0 saturated heterocycles. The summed E-state index contributed by atoms with van der Waals surface area (Å²) in [6.07, 6.45) is 8.00. The number of nitrogens with zero attached hydrogens (tertiary/aromatic N) is 1. The van der Waals surface area contributed by atoms with Crippen LogP contribution in [-0.4, -0.2) is 29.3 Å². The van der Waals surface area contributed by atoms with Crippen LogP contribution in [0.5, 0.6) is 0 Å². The predicted octanol–water partition coefficient (Wildman–Crippen LogP) is 4.08. The largest absolute Gasteiger partial charge is 0.354 e. The van der Waals surface area contributed by atoms with Crippen LogP contribution in [-0.2, 0) is 16.1 Å². The highest BCUT2D eigenvalue weighted by Crippen LogP contribution is 2.19. The zero-order valence-electron chi connectivity index (χ0n) is 15.1. The summed E-state index contributed by atoms with van der Waals surface area (Å²) in [6, 6.07) is 6.82. The van der Waals surface area contributed by atoms with Gasteiger partial charge in [0, 0.05) is 25.0 Å². The molecule has 0 spiro atoms. The van der Waals surface area contributed by atoms with E-state index in [0.29, 0.717) is 18.1 Å². The average Bonchev–Trinajstić information content (AvgIpc) is 2.61. The molecule has 5 heteroatoms. The van der Waals surface area contributed by atoms with Crippen molar-refractivity contribution in [3.8, 4) is 0 Å². The molecule has 0 aliphatic heterocycles. The summed E-state index contributed by atoms with van der Waals surface area (Å²) in [5.41, 5.74) is 2.38. The van der Waals surface area contributed by atoms with E-state index in [2.05, 4.69) is 11.4 Å². The van der Waals surface area contributed by atoms with Gasteiger partial charge in [0.1, 0.15) is 6.04 Å². The number of hydrogen-bond acceptors (Lipinski definition) is 2. The van der Waals surface area contributed by atoms with Crippen LogP contribution in [0.4, 0.5) is 0 Å². The van der Waals surface area contributed by atoms with Gasteiger partial charge in [-0.15, -0.1) is 0 Å². The second kappa shape index (κ2) is 9.62. The fourth-order valence-electron chi connectivity index (χ4n) is 3.07. The SMILES string of the molecule is CC(=O)N(Cc1ccc(Cl)cc1)[C@@H](C)C(=O)NCCC1=CCCCC1. The third-order valence-electron chi connectivity index (χ3n) is 4.65. The van der Waals surface area contributed by atoms with Crippen molar-refractivity contribution >= 4 is 23.4 Å². The first kappa shape index (κ1) is 19.5. The van der Waals surface area contributed by atoms with Crippen LogP contribution in [0, 0.1) is 0 Å². The number of amides is 2. The lowest BCUT2D eigenvalue weighted by molar-refractivity contribution is -0.138. The van der Waals surface area contributed by atoms with E-state index in [0.717, 1.165) is 24.8 Å². The third kappa shape index (κ3) is 6.20. The summed E-state index contributed by atoms with van der Waals surface area (Å²) < 4.78 is 0. The monoisotopic (exact) mass is 362 g/mol. The van der Waals surface area contributed by atoms with E-state index in [1.54, 1.807) is 24.0 Å². The van der Waals surface area contributed by atoms with Crippen molar-refractivity contribution in [1.82, 2.24) is 10.2 Å². The van der Waals surface area contributed by atoms with Gasteiger partial charge in [-0.3, -0.25) is 9.59 Å². The van der Waals surface area contributed by atoms with Crippen molar-refractivity contribution in [2.45, 2.75) is 58.5 Å². The van der Waals surface area contributed by atoms with Gasteiger partial charge in [-0.05, 0) is 56.7 Å². The van der Waals surface area contributed by atoms with E-state index in [1.165, 1.54) is 25.3 Å². The summed E-state index contributed by atoms with van der Waals surface area (Å²) in [4.78, 5) is 26.0. The maximum atomic E-state index is 12.4. The Morgan fingerprint density at radius 1 is 1.24 bits per heavy atom. The normalized spacial score (nSPS) is 15.2. The number of halogens is 1. The molecule has 2 amide bonds. The van der Waals surface area contributed by atoms with E-state index in [9.17, 15) is 9.59 Å². The number of carbonyl (C=O) groups excluding carboxylic acids is 2. The number of carbonyl (C=O) groups is 2. The van der Waals surface area contributed by atoms with Crippen molar-refractivity contribution in [3.63, 3.8) is 0 Å². The summed E-state index contributed by atoms with van der Waals surface area (Å²) >= 11 is 5.90. The van der Waals surface area contributed by atoms with Crippen molar-refractivity contribution in [2.75, 3.05) is 6.54 Å². The van der Waals surface area contributed by atoms with Gasteiger partial charge in [0.25, 0.3) is 0 Å². The Bertz CT molecular complexity index is 625. The van der Waals surface area contributed by atoms with E-state index in [4.69, 9.17) is 11.6 Å². The zero-order chi connectivity index (χ0) is 18.2. The molecular weight excluding hydrogens is 336 g/mol. The van der Waals surface area contributed by atoms with E-state index >= 15 is 0 Å². The highest BCUT2D eigenvalue weighted by Gasteiger charge is 2.23. The molecule has 0 aromatic heterocycles. The van der Waals surface area contributed by atoms with Crippen LogP contribution < -0.4 is 5.32 Å². The van der Waals surface area contributed by atoms with Crippen LogP contribution in [0.25, 0.3) is 0 Å². The second-order valence-corrected chi connectivity index (χ2v) is 7.03. The molecule has 2 rings (SSSR count). The molecule has 1 N–H and O–H groups in total. The lowest BCUT2D eigenvalue weighted by atomic mass is 9.97. The van der Waals surface area contributed by atoms with Gasteiger partial charge in [0.05, 0.1) is 0 Å². The summed E-state index contributed by atoms with van der Waals surface area (Å²) in [5.74, 6) is -0.229. The third-order valence-corrected chi connectivity index (χ3v) is 4.90. The quantitative estimate of drug-likeness (QED) is 0.743. The Kier molecular flexibility index (Phi) is 7.51. The first-order valence-corrected chi connectivity index (χ1v) is 9.32. The molecule has 136 valence electrons. The number of benzene rings is 1. The zero-order valence-corrected chi connectivity index (χ0v) is 15.8. The minimum absolute atomic E-state index is 0.111. The molecule has 1 aliphatic rings. The van der Waals surface area contributed by atoms with Gasteiger partial charge >= 0.3 is 0 Å². The van der Waals surface area contributed by atoms with Crippen molar-refractivity contribution in [1.29, 1.82) is 0 Å². The van der Waals surface area contributed by atoms with E-state index in [1.807, 2.05) is 12.1 Å². The van der Waals surface area contributed by atoms with Crippen LogP contribution in [0.2, 0.25) is 5.02 Å². The molecule has 1 atom stereocenters. The molecule has 1 aromatic rings. The van der Waals surface area contributed by atoms with Gasteiger partial charge in [-0.25, -0.2) is 0 Å². The molecule has 0 radical (unpaired) electrons. The maximum absolute atomic E-state index is 12.4. The Hall–Kier alpha value is -1.81. The fourth-order valence-corrected chi connectivity index (χ4v) is 3.20. The van der Waals surface area contributed by atoms with Gasteiger partial charge < -0.3 is 10.2 Å². The molecule has 0 saturated carbocycles. The topological polar surface area (TPSA) is 49.4 Å². The first-order chi connectivity index (χ1) is 12.0. The highest BCUT2D eigenvalue weighted by molar-refractivity contribution is 6.30. The van der Waals surface area contributed by atoms with Gasteiger partial charge in [0.2, 0.25) is 11.8 Å². The minimum atomic E-state index is -0.506. The summed E-state index contributed by atoms with van der Waals surface area (Å²) in [5, 5.41) is 3.62. The van der Waals surface area contributed by atoms with Crippen LogP contribution in [0.1, 0.15) is 51.5 Å². The minimum Gasteiger partial charge on any atom is -0.354 e. The van der Waals surface area contributed by atoms with Crippen LogP contribution in [0.15, 0.2) is 35.9 Å². The summed E-state index contributed by atoms with van der Waals surface area (Å²) in [6.45, 7) is 4.28. The molecular formula is C20H27ClN2O2. The van der Waals surface area contributed by atoms with Gasteiger partial charge in [0.15, 0.2) is 0 Å². The molecule has 0 heterocycles. The van der Waals surface area contributed by atoms with Gasteiger partial charge in [-0.1, -0.05) is 35.4 Å². The van der Waals surface area contributed by atoms with E-state index in [-0.39, 0.29) is 11.8 Å². The van der Waals surface area contributed by atoms with E-state index < -0.39 is 6.04 Å². The number of allylic oxidation sites excluding steroid dienone is 1. The summed E-state index contributed by atoms with van der Waals surface area (Å²) in [7, 11) is 0. The fraction of sp³-hybridized carbons (Fsp3) is 0.500. The molecule has 0 unspecified atom stereocenters. The Morgan fingerprint density at radius 3 is 2.56 bits per heavy atom. The Morgan fingerprint density at radius 2 is 1.96 bits per heavy atom. The predicted molar refractivity (Wildman–Crippen MR) is 101 cm³/mol. The average molecular weight is 363 g/mol. The molecule has 1 aromatic carbocycles. The van der Waals surface area contributed by atoms with Crippen molar-refractivity contribution in [2.24, 2.45) is 0 Å². The number of nitrogens with one attached hydrogen (secondary N) is 1. The molecule has 0 bridgehead atoms. The standard InChI is InChI=1S/C20H27ClN2O2/c1-15(20(25)22-13-12-17-6-4-3-5-7-17)23(16(2)24)14-18-8-10-19(21)11-9-18/h6,8-11,15H,3-5,7,12-14H2,1-2H3,(H,22,25)/t15-/m0/s1. The smallest absolute Gasteiger partial charge is 0.242 e. The van der Waals surface area contributed by atoms with Crippen molar-refractivity contribution < 1.29 is 9.59 Å². The molecule has 4 nitrogen and oxygen atoms in total. The Balaban J connectivity index is 1.88. The number of rotatable bonds is 7. The van der Waals surface area contributed by atoms with Crippen molar-refractivity contribution in [3.05, 3.63) is 46.5 Å². The second-order valence-electron chi connectivity index (χ2n) is 6.60. The highest BCUT2D eigenvalue weighted by atomic mass is 35.5. The van der Waals surface area contributed by atoms with Gasteiger partial charge in [-0.2, -0.15) is 0 Å². The van der Waals surface area contributed by atoms with Crippen LogP contribution in [0.3, 0.4) is 0 Å². The molecule has 0 fully saturated rings. The maximum Gasteiger partial charge on any atom is 0.242 e. The molecule has 25 heavy (non-hydrogen) atoms. The first-order valence-electron chi connectivity index (χ1n) is 8.94.